The molecule has 0 aliphatic carbocycles. The molecule has 74 valence electrons. The number of amides is 1. The molecule has 1 aromatic heterocycles. The minimum Gasteiger partial charge on any atom is -0.341 e. The average Bonchev–Trinajstić information content (AvgIpc) is 2.77. The third-order valence-corrected chi connectivity index (χ3v) is 3.86. The molecular formula is C9H9NO2S2. The molecule has 3 nitrogen and oxygen atoms in total. The van der Waals surface area contributed by atoms with Gasteiger partial charge in [-0.2, -0.15) is 0 Å². The number of nitrogens with one attached hydrogen (secondary N) is 1. The van der Waals surface area contributed by atoms with Crippen LogP contribution >= 0.6 is 23.1 Å². The van der Waals surface area contributed by atoms with Crippen molar-refractivity contribution in [1.29, 1.82) is 0 Å². The third kappa shape index (κ3) is 1.99. The zero-order valence-electron chi connectivity index (χ0n) is 7.36. The quantitative estimate of drug-likeness (QED) is 0.833. The molecular weight excluding hydrogens is 218 g/mol. The number of thioether (sulfide) groups is 1. The van der Waals surface area contributed by atoms with Crippen molar-refractivity contribution < 1.29 is 9.59 Å². The summed E-state index contributed by atoms with van der Waals surface area (Å²) in [7, 11) is 0. The molecule has 2 rings (SSSR count). The van der Waals surface area contributed by atoms with E-state index in [4.69, 9.17) is 0 Å². The largest absolute Gasteiger partial charge is 0.341 e. The zero-order chi connectivity index (χ0) is 9.97. The van der Waals surface area contributed by atoms with Gasteiger partial charge in [0.15, 0.2) is 0 Å². The van der Waals surface area contributed by atoms with Crippen LogP contribution in [-0.2, 0) is 4.79 Å². The fourth-order valence-electron chi connectivity index (χ4n) is 1.26. The van der Waals surface area contributed by atoms with E-state index in [1.807, 2.05) is 11.4 Å². The number of hydrogen-bond acceptors (Lipinski definition) is 4. The highest BCUT2D eigenvalue weighted by atomic mass is 32.2. The SMILES string of the molecule is O=C(NC1CCSC1=O)c1cccs1. The Hall–Kier alpha value is -0.810. The second kappa shape index (κ2) is 4.14. The normalized spacial score (nSPS) is 21.1. The first-order chi connectivity index (χ1) is 6.77. The van der Waals surface area contributed by atoms with Gasteiger partial charge in [0.25, 0.3) is 5.91 Å². The van der Waals surface area contributed by atoms with E-state index in [0.717, 1.165) is 12.2 Å². The zero-order valence-corrected chi connectivity index (χ0v) is 8.99. The predicted octanol–water partition coefficient (Wildman–Crippen LogP) is 1.51. The first-order valence-corrected chi connectivity index (χ1v) is 6.15. The summed E-state index contributed by atoms with van der Waals surface area (Å²) >= 11 is 2.68. The highest BCUT2D eigenvalue weighted by Gasteiger charge is 2.27. The number of carbonyl (C=O) groups excluding carboxylic acids is 2. The van der Waals surface area contributed by atoms with E-state index in [-0.39, 0.29) is 17.1 Å². The van der Waals surface area contributed by atoms with E-state index in [1.54, 1.807) is 6.07 Å². The molecule has 0 radical (unpaired) electrons. The summed E-state index contributed by atoms with van der Waals surface area (Å²) < 4.78 is 0. The van der Waals surface area contributed by atoms with E-state index in [2.05, 4.69) is 5.32 Å². The van der Waals surface area contributed by atoms with Crippen LogP contribution in [0.3, 0.4) is 0 Å². The van der Waals surface area contributed by atoms with Crippen molar-refractivity contribution in [2.45, 2.75) is 12.5 Å². The Labute approximate surface area is 89.9 Å². The van der Waals surface area contributed by atoms with Crippen LogP contribution in [0, 0.1) is 0 Å². The van der Waals surface area contributed by atoms with Crippen LogP contribution in [0.1, 0.15) is 16.1 Å². The molecule has 1 unspecified atom stereocenters. The smallest absolute Gasteiger partial charge is 0.261 e. The Balaban J connectivity index is 1.98. The van der Waals surface area contributed by atoms with Crippen molar-refractivity contribution in [3.8, 4) is 0 Å². The molecule has 1 N–H and O–H groups in total. The van der Waals surface area contributed by atoms with Crippen LogP contribution in [0.2, 0.25) is 0 Å². The molecule has 14 heavy (non-hydrogen) atoms. The molecule has 0 saturated carbocycles. The lowest BCUT2D eigenvalue weighted by atomic mass is 10.2. The second-order valence-electron chi connectivity index (χ2n) is 2.96. The Bertz CT molecular complexity index is 348. The lowest BCUT2D eigenvalue weighted by Crippen LogP contribution is -2.36. The first-order valence-electron chi connectivity index (χ1n) is 4.28. The monoisotopic (exact) mass is 227 g/mol. The number of hydrogen-bond donors (Lipinski definition) is 1. The maximum atomic E-state index is 11.5. The molecule has 1 amide bonds. The van der Waals surface area contributed by atoms with Crippen LogP contribution in [0.15, 0.2) is 17.5 Å². The molecule has 1 atom stereocenters. The minimum atomic E-state index is -0.283. The lowest BCUT2D eigenvalue weighted by molar-refractivity contribution is -0.112. The standard InChI is InChI=1S/C9H9NO2S2/c11-8(7-2-1-4-13-7)10-6-3-5-14-9(6)12/h1-2,4,6H,3,5H2,(H,10,11). The van der Waals surface area contributed by atoms with Crippen molar-refractivity contribution in [1.82, 2.24) is 5.32 Å². The number of rotatable bonds is 2. The summed E-state index contributed by atoms with van der Waals surface area (Å²) in [6.45, 7) is 0. The van der Waals surface area contributed by atoms with Gasteiger partial charge in [0.1, 0.15) is 0 Å². The summed E-state index contributed by atoms with van der Waals surface area (Å²) in [4.78, 5) is 23.4. The molecule has 1 aromatic rings. The van der Waals surface area contributed by atoms with E-state index in [9.17, 15) is 9.59 Å². The van der Waals surface area contributed by atoms with E-state index in [1.165, 1.54) is 23.1 Å². The fourth-order valence-corrected chi connectivity index (χ4v) is 2.82. The minimum absolute atomic E-state index is 0.0786. The van der Waals surface area contributed by atoms with Gasteiger partial charge in [-0.1, -0.05) is 17.8 Å². The molecule has 0 spiro atoms. The predicted molar refractivity (Wildman–Crippen MR) is 57.7 cm³/mol. The molecule has 0 bridgehead atoms. The topological polar surface area (TPSA) is 46.2 Å². The van der Waals surface area contributed by atoms with Gasteiger partial charge in [0.2, 0.25) is 5.12 Å². The second-order valence-corrected chi connectivity index (χ2v) is 5.01. The van der Waals surface area contributed by atoms with Crippen LogP contribution in [0.25, 0.3) is 0 Å². The van der Waals surface area contributed by atoms with Gasteiger partial charge < -0.3 is 5.32 Å². The van der Waals surface area contributed by atoms with Gasteiger partial charge in [0.05, 0.1) is 10.9 Å². The molecule has 1 aliphatic rings. The van der Waals surface area contributed by atoms with Crippen molar-refractivity contribution in [2.75, 3.05) is 5.75 Å². The molecule has 1 aliphatic heterocycles. The Morgan fingerprint density at radius 3 is 3.00 bits per heavy atom. The number of thiophene rings is 1. The summed E-state index contributed by atoms with van der Waals surface area (Å²) in [6, 6.07) is 3.30. The van der Waals surface area contributed by atoms with Crippen LogP contribution < -0.4 is 5.32 Å². The number of carbonyl (C=O) groups is 2. The summed E-state index contributed by atoms with van der Waals surface area (Å²) in [5.41, 5.74) is 0. The van der Waals surface area contributed by atoms with Gasteiger partial charge in [-0.3, -0.25) is 9.59 Å². The Morgan fingerprint density at radius 1 is 1.57 bits per heavy atom. The molecule has 1 saturated heterocycles. The van der Waals surface area contributed by atoms with Crippen LogP contribution in [0.4, 0.5) is 0 Å². The highest BCUT2D eigenvalue weighted by Crippen LogP contribution is 2.20. The molecule has 2 heterocycles. The van der Waals surface area contributed by atoms with Gasteiger partial charge in [-0.05, 0) is 17.9 Å². The van der Waals surface area contributed by atoms with Gasteiger partial charge in [-0.15, -0.1) is 11.3 Å². The third-order valence-electron chi connectivity index (χ3n) is 1.99. The van der Waals surface area contributed by atoms with Crippen LogP contribution in [-0.4, -0.2) is 22.8 Å². The van der Waals surface area contributed by atoms with E-state index < -0.39 is 0 Å². The lowest BCUT2D eigenvalue weighted by Gasteiger charge is -2.08. The van der Waals surface area contributed by atoms with Crippen molar-refractivity contribution in [3.63, 3.8) is 0 Å². The molecule has 5 heteroatoms. The van der Waals surface area contributed by atoms with Crippen molar-refractivity contribution in [2.24, 2.45) is 0 Å². The van der Waals surface area contributed by atoms with Gasteiger partial charge >= 0.3 is 0 Å². The van der Waals surface area contributed by atoms with E-state index in [0.29, 0.717) is 4.88 Å². The fraction of sp³-hybridized carbons (Fsp3) is 0.333. The highest BCUT2D eigenvalue weighted by molar-refractivity contribution is 8.14. The summed E-state index contributed by atoms with van der Waals surface area (Å²) in [5, 5.41) is 4.66. The maximum Gasteiger partial charge on any atom is 0.261 e. The first kappa shape index (κ1) is 9.73. The summed E-state index contributed by atoms with van der Waals surface area (Å²) in [5.74, 6) is 0.676. The summed E-state index contributed by atoms with van der Waals surface area (Å²) in [6.07, 6.45) is 0.751. The van der Waals surface area contributed by atoms with Crippen molar-refractivity contribution >= 4 is 34.1 Å². The molecule has 1 fully saturated rings. The Morgan fingerprint density at radius 2 is 2.43 bits per heavy atom. The average molecular weight is 227 g/mol. The maximum absolute atomic E-state index is 11.5. The van der Waals surface area contributed by atoms with Gasteiger partial charge in [-0.25, -0.2) is 0 Å². The van der Waals surface area contributed by atoms with Gasteiger partial charge in [0, 0.05) is 5.75 Å². The van der Waals surface area contributed by atoms with Crippen molar-refractivity contribution in [3.05, 3.63) is 22.4 Å². The Kier molecular flexibility index (Phi) is 2.88. The van der Waals surface area contributed by atoms with E-state index >= 15 is 0 Å². The molecule has 0 aromatic carbocycles. The van der Waals surface area contributed by atoms with Crippen LogP contribution in [0.5, 0.6) is 0 Å².